The lowest BCUT2D eigenvalue weighted by molar-refractivity contribution is 0.669. The first-order valence-corrected chi connectivity index (χ1v) is 18.8. The van der Waals surface area contributed by atoms with Crippen molar-refractivity contribution >= 4 is 71.6 Å². The maximum absolute atomic E-state index is 6.37. The van der Waals surface area contributed by atoms with E-state index in [4.69, 9.17) is 4.42 Å². The van der Waals surface area contributed by atoms with Crippen molar-refractivity contribution in [2.75, 3.05) is 4.90 Å². The van der Waals surface area contributed by atoms with Crippen molar-refractivity contribution in [1.29, 1.82) is 0 Å². The molecule has 3 nitrogen and oxygen atoms in total. The molecule has 0 N–H and O–H groups in total. The van der Waals surface area contributed by atoms with E-state index in [1.165, 1.54) is 43.8 Å². The summed E-state index contributed by atoms with van der Waals surface area (Å²) in [5, 5.41) is 7.09. The summed E-state index contributed by atoms with van der Waals surface area (Å²) in [6.07, 6.45) is 0. The van der Waals surface area contributed by atoms with Crippen LogP contribution >= 0.6 is 0 Å². The molecule has 0 aliphatic carbocycles. The number of fused-ring (bicyclic) bond motifs is 8. The topological polar surface area (TPSA) is 21.3 Å². The highest BCUT2D eigenvalue weighted by Gasteiger charge is 2.22. The van der Waals surface area contributed by atoms with Crippen molar-refractivity contribution in [3.63, 3.8) is 0 Å². The minimum atomic E-state index is 0.902. The molecule has 0 radical (unpaired) electrons. The smallest absolute Gasteiger partial charge is 0.136 e. The average Bonchev–Trinajstić information content (AvgIpc) is 3.81. The van der Waals surface area contributed by atoms with Gasteiger partial charge in [-0.2, -0.15) is 0 Å². The van der Waals surface area contributed by atoms with Crippen molar-refractivity contribution < 1.29 is 4.42 Å². The van der Waals surface area contributed by atoms with Crippen LogP contribution in [0.25, 0.3) is 82.5 Å². The fourth-order valence-corrected chi connectivity index (χ4v) is 8.55. The van der Waals surface area contributed by atoms with Gasteiger partial charge in [0.1, 0.15) is 11.2 Å². The molecule has 2 aromatic heterocycles. The molecule has 9 aromatic carbocycles. The Hall–Kier alpha value is -7.36. The first-order chi connectivity index (χ1) is 27.3. The van der Waals surface area contributed by atoms with Crippen molar-refractivity contribution in [2.24, 2.45) is 0 Å². The van der Waals surface area contributed by atoms with Crippen LogP contribution in [-0.2, 0) is 0 Å². The molecule has 55 heavy (non-hydrogen) atoms. The van der Waals surface area contributed by atoms with Gasteiger partial charge in [-0.05, 0) is 94.4 Å². The van der Waals surface area contributed by atoms with Crippen LogP contribution in [0.3, 0.4) is 0 Å². The van der Waals surface area contributed by atoms with Gasteiger partial charge in [0.2, 0.25) is 0 Å². The molecule has 0 aliphatic heterocycles. The zero-order valence-electron chi connectivity index (χ0n) is 29.9. The molecule has 3 heteroatoms. The fourth-order valence-electron chi connectivity index (χ4n) is 8.55. The Balaban J connectivity index is 1.16. The first kappa shape index (κ1) is 31.2. The molecule has 2 heterocycles. The summed E-state index contributed by atoms with van der Waals surface area (Å²) in [7, 11) is 0. The molecule has 0 spiro atoms. The van der Waals surface area contributed by atoms with Crippen LogP contribution in [0.4, 0.5) is 17.1 Å². The Labute approximate surface area is 318 Å². The molecule has 11 aromatic rings. The molecule has 258 valence electrons. The predicted octanol–water partition coefficient (Wildman–Crippen LogP) is 14.6. The summed E-state index contributed by atoms with van der Waals surface area (Å²) in [5.41, 5.74) is 13.3. The number of aromatic nitrogens is 1. The van der Waals surface area contributed by atoms with E-state index < -0.39 is 0 Å². The third kappa shape index (κ3) is 5.05. The lowest BCUT2D eigenvalue weighted by Crippen LogP contribution is -2.10. The SMILES string of the molecule is c1ccc(-c2ccc(N(c3cccc(-c4cccc5ccc6oc7ccccc7c6c45)c3)c3cccc4c3c3ccccc3n4-c3ccccc3)cc2)cc1. The molecular weight excluding hydrogens is 669 g/mol. The normalized spacial score (nSPS) is 11.6. The van der Waals surface area contributed by atoms with Gasteiger partial charge in [-0.15, -0.1) is 0 Å². The highest BCUT2D eigenvalue weighted by Crippen LogP contribution is 2.46. The predicted molar refractivity (Wildman–Crippen MR) is 231 cm³/mol. The Morgan fingerprint density at radius 3 is 1.91 bits per heavy atom. The first-order valence-electron chi connectivity index (χ1n) is 18.8. The van der Waals surface area contributed by atoms with Gasteiger partial charge in [0.05, 0.1) is 16.7 Å². The second kappa shape index (κ2) is 12.6. The number of rotatable bonds is 6. The van der Waals surface area contributed by atoms with E-state index in [-0.39, 0.29) is 0 Å². The third-order valence-corrected chi connectivity index (χ3v) is 11.0. The third-order valence-electron chi connectivity index (χ3n) is 11.0. The summed E-state index contributed by atoms with van der Waals surface area (Å²) in [5.74, 6) is 0. The largest absolute Gasteiger partial charge is 0.456 e. The number of anilines is 3. The lowest BCUT2D eigenvalue weighted by atomic mass is 9.94. The summed E-state index contributed by atoms with van der Waals surface area (Å²) < 4.78 is 8.76. The van der Waals surface area contributed by atoms with Crippen molar-refractivity contribution in [1.82, 2.24) is 4.57 Å². The van der Waals surface area contributed by atoms with Crippen LogP contribution in [0, 0.1) is 0 Å². The minimum Gasteiger partial charge on any atom is -0.456 e. The zero-order valence-corrected chi connectivity index (χ0v) is 29.9. The summed E-state index contributed by atoms with van der Waals surface area (Å²) >= 11 is 0. The van der Waals surface area contributed by atoms with Crippen LogP contribution < -0.4 is 4.90 Å². The van der Waals surface area contributed by atoms with Crippen LogP contribution in [0.15, 0.2) is 211 Å². The van der Waals surface area contributed by atoms with Crippen molar-refractivity contribution in [3.8, 4) is 27.9 Å². The molecule has 0 bridgehead atoms. The number of hydrogen-bond donors (Lipinski definition) is 0. The van der Waals surface area contributed by atoms with Gasteiger partial charge < -0.3 is 13.9 Å². The van der Waals surface area contributed by atoms with E-state index in [2.05, 4.69) is 210 Å². The van der Waals surface area contributed by atoms with Crippen LogP contribution in [-0.4, -0.2) is 4.57 Å². The van der Waals surface area contributed by atoms with E-state index in [0.717, 1.165) is 55.8 Å². The fraction of sp³-hybridized carbons (Fsp3) is 0. The average molecular weight is 703 g/mol. The molecule has 0 unspecified atom stereocenters. The second-order valence-electron chi connectivity index (χ2n) is 14.1. The summed E-state index contributed by atoms with van der Waals surface area (Å²) in [6, 6.07) is 74.0. The van der Waals surface area contributed by atoms with Crippen molar-refractivity contribution in [3.05, 3.63) is 206 Å². The maximum Gasteiger partial charge on any atom is 0.136 e. The number of benzene rings is 9. The summed E-state index contributed by atoms with van der Waals surface area (Å²) in [6.45, 7) is 0. The molecule has 0 amide bonds. The van der Waals surface area contributed by atoms with Gasteiger partial charge in [0.25, 0.3) is 0 Å². The Morgan fingerprint density at radius 2 is 1.05 bits per heavy atom. The Kier molecular flexibility index (Phi) is 7.17. The Morgan fingerprint density at radius 1 is 0.382 bits per heavy atom. The highest BCUT2D eigenvalue weighted by molar-refractivity contribution is 6.23. The summed E-state index contributed by atoms with van der Waals surface area (Å²) in [4.78, 5) is 2.43. The van der Waals surface area contributed by atoms with Crippen LogP contribution in [0.1, 0.15) is 0 Å². The number of furan rings is 1. The zero-order chi connectivity index (χ0) is 36.3. The van der Waals surface area contributed by atoms with E-state index in [9.17, 15) is 0 Å². The Bertz CT molecular complexity index is 3190. The molecule has 0 saturated heterocycles. The number of hydrogen-bond acceptors (Lipinski definition) is 2. The van der Waals surface area contributed by atoms with E-state index in [1.807, 2.05) is 6.07 Å². The lowest BCUT2D eigenvalue weighted by Gasteiger charge is -2.27. The van der Waals surface area contributed by atoms with Crippen LogP contribution in [0.2, 0.25) is 0 Å². The van der Waals surface area contributed by atoms with E-state index in [0.29, 0.717) is 0 Å². The highest BCUT2D eigenvalue weighted by atomic mass is 16.3. The van der Waals surface area contributed by atoms with Gasteiger partial charge >= 0.3 is 0 Å². The molecule has 0 saturated carbocycles. The molecule has 11 rings (SSSR count). The number of nitrogens with zero attached hydrogens (tertiary/aromatic N) is 2. The van der Waals surface area contributed by atoms with Gasteiger partial charge in [-0.1, -0.05) is 140 Å². The second-order valence-corrected chi connectivity index (χ2v) is 14.1. The maximum atomic E-state index is 6.37. The van der Waals surface area contributed by atoms with Gasteiger partial charge in [-0.25, -0.2) is 0 Å². The van der Waals surface area contributed by atoms with E-state index >= 15 is 0 Å². The molecule has 0 fully saturated rings. The monoisotopic (exact) mass is 702 g/mol. The van der Waals surface area contributed by atoms with Gasteiger partial charge in [-0.3, -0.25) is 0 Å². The number of para-hydroxylation sites is 3. The quantitative estimate of drug-likeness (QED) is 0.172. The van der Waals surface area contributed by atoms with Crippen molar-refractivity contribution in [2.45, 2.75) is 0 Å². The molecule has 0 atom stereocenters. The van der Waals surface area contributed by atoms with Crippen LogP contribution in [0.5, 0.6) is 0 Å². The van der Waals surface area contributed by atoms with E-state index in [1.54, 1.807) is 0 Å². The standard InChI is InChI=1S/C52H34N2O/c1-3-14-35(15-4-1)36-28-31-40(32-29-36)53(46-25-13-26-47-51(46)43-21-7-9-24-45(43)54(47)39-18-5-2-6-19-39)41-20-11-17-38(34-41)42-23-12-16-37-30-33-49-52(50(37)42)44-22-8-10-27-48(44)55-49/h1-34H. The minimum absolute atomic E-state index is 0.902. The molecule has 0 aliphatic rings. The van der Waals surface area contributed by atoms with Gasteiger partial charge in [0.15, 0.2) is 0 Å². The molecular formula is C52H34N2O. The van der Waals surface area contributed by atoms with Gasteiger partial charge in [0, 0.05) is 44.0 Å².